The summed E-state index contributed by atoms with van der Waals surface area (Å²) in [6.07, 6.45) is 3.95. The van der Waals surface area contributed by atoms with Gasteiger partial charge in [0.2, 0.25) is 0 Å². The molecule has 0 aliphatic carbocycles. The minimum Gasteiger partial charge on any atom is -0.352 e. The summed E-state index contributed by atoms with van der Waals surface area (Å²) in [6.45, 7) is 0.870. The summed E-state index contributed by atoms with van der Waals surface area (Å²) >= 11 is 0. The second kappa shape index (κ2) is 7.83. The van der Waals surface area contributed by atoms with Gasteiger partial charge in [-0.25, -0.2) is 0 Å². The fraction of sp³-hybridized carbons (Fsp3) is 0.176. The van der Waals surface area contributed by atoms with Gasteiger partial charge in [-0.05, 0) is 18.1 Å². The summed E-state index contributed by atoms with van der Waals surface area (Å²) in [4.78, 5) is 16.1. The molecule has 0 aliphatic heterocycles. The number of carbonyl (C=O) groups excluding carboxylic acids is 1. The van der Waals surface area contributed by atoms with Crippen molar-refractivity contribution in [2.45, 2.75) is 6.42 Å². The first-order valence-electron chi connectivity index (χ1n) is 6.75. The fourth-order valence-electron chi connectivity index (χ4n) is 1.85. The maximum absolute atomic E-state index is 12.0. The molecule has 4 nitrogen and oxygen atoms in total. The van der Waals surface area contributed by atoms with Crippen LogP contribution >= 0.6 is 0 Å². The topological polar surface area (TPSA) is 68.0 Å². The first-order chi connectivity index (χ1) is 10.3. The molecule has 1 aromatic carbocycles. The van der Waals surface area contributed by atoms with E-state index in [0.29, 0.717) is 17.7 Å². The summed E-state index contributed by atoms with van der Waals surface area (Å²) in [7, 11) is 0. The lowest BCUT2D eigenvalue weighted by Crippen LogP contribution is -2.25. The van der Waals surface area contributed by atoms with E-state index in [4.69, 9.17) is 5.73 Å². The monoisotopic (exact) mass is 279 g/mol. The van der Waals surface area contributed by atoms with Crippen LogP contribution in [0.4, 0.5) is 0 Å². The number of nitrogens with zero attached hydrogens (tertiary/aromatic N) is 1. The van der Waals surface area contributed by atoms with Crippen molar-refractivity contribution in [1.82, 2.24) is 10.3 Å². The van der Waals surface area contributed by atoms with Crippen LogP contribution in [0.25, 0.3) is 0 Å². The Balaban J connectivity index is 1.91. The summed E-state index contributed by atoms with van der Waals surface area (Å²) in [6, 6.07) is 11.7. The SMILES string of the molecule is NCC#Cc1cncc(C(=O)NCCc2ccccc2)c1. The molecule has 0 radical (unpaired) electrons. The lowest BCUT2D eigenvalue weighted by molar-refractivity contribution is 0.0953. The molecular formula is C17H17N3O. The zero-order valence-corrected chi connectivity index (χ0v) is 11.7. The molecule has 2 aromatic rings. The van der Waals surface area contributed by atoms with E-state index in [2.05, 4.69) is 22.1 Å². The fourth-order valence-corrected chi connectivity index (χ4v) is 1.85. The maximum Gasteiger partial charge on any atom is 0.252 e. The van der Waals surface area contributed by atoms with E-state index in [0.717, 1.165) is 6.42 Å². The average molecular weight is 279 g/mol. The van der Waals surface area contributed by atoms with Crippen LogP contribution in [-0.4, -0.2) is 24.0 Å². The molecule has 0 aliphatic rings. The van der Waals surface area contributed by atoms with Gasteiger partial charge in [0.25, 0.3) is 5.91 Å². The van der Waals surface area contributed by atoms with Gasteiger partial charge in [0, 0.05) is 24.5 Å². The van der Waals surface area contributed by atoms with E-state index < -0.39 is 0 Å². The standard InChI is InChI=1S/C17H17N3O/c18-9-4-7-15-11-16(13-19-12-15)17(21)20-10-8-14-5-2-1-3-6-14/h1-3,5-6,11-13H,8-10,18H2,(H,20,21). The van der Waals surface area contributed by atoms with Gasteiger partial charge in [0.1, 0.15) is 0 Å². The number of pyridine rings is 1. The Morgan fingerprint density at radius 3 is 2.81 bits per heavy atom. The minimum atomic E-state index is -0.144. The quantitative estimate of drug-likeness (QED) is 0.830. The lowest BCUT2D eigenvalue weighted by atomic mass is 10.1. The molecule has 0 bridgehead atoms. The van der Waals surface area contributed by atoms with Crippen molar-refractivity contribution in [3.05, 3.63) is 65.5 Å². The van der Waals surface area contributed by atoms with Crippen LogP contribution in [0.1, 0.15) is 21.5 Å². The molecule has 4 heteroatoms. The zero-order valence-electron chi connectivity index (χ0n) is 11.7. The number of carbonyl (C=O) groups is 1. The Labute approximate surface area is 124 Å². The van der Waals surface area contributed by atoms with Crippen LogP contribution < -0.4 is 11.1 Å². The van der Waals surface area contributed by atoms with Gasteiger partial charge in [-0.1, -0.05) is 42.2 Å². The number of hydrogen-bond acceptors (Lipinski definition) is 3. The van der Waals surface area contributed by atoms with Gasteiger partial charge in [-0.3, -0.25) is 9.78 Å². The van der Waals surface area contributed by atoms with Crippen molar-refractivity contribution in [1.29, 1.82) is 0 Å². The van der Waals surface area contributed by atoms with Gasteiger partial charge < -0.3 is 11.1 Å². The highest BCUT2D eigenvalue weighted by Gasteiger charge is 2.05. The van der Waals surface area contributed by atoms with E-state index >= 15 is 0 Å². The van der Waals surface area contributed by atoms with Gasteiger partial charge in [-0.2, -0.15) is 0 Å². The van der Waals surface area contributed by atoms with E-state index in [9.17, 15) is 4.79 Å². The molecule has 0 unspecified atom stereocenters. The normalized spacial score (nSPS) is 9.57. The van der Waals surface area contributed by atoms with E-state index in [-0.39, 0.29) is 12.5 Å². The van der Waals surface area contributed by atoms with Crippen molar-refractivity contribution in [3.8, 4) is 11.8 Å². The van der Waals surface area contributed by atoms with Crippen molar-refractivity contribution < 1.29 is 4.79 Å². The lowest BCUT2D eigenvalue weighted by Gasteiger charge is -2.05. The molecule has 0 saturated carbocycles. The highest BCUT2D eigenvalue weighted by Crippen LogP contribution is 2.02. The highest BCUT2D eigenvalue weighted by atomic mass is 16.1. The first-order valence-corrected chi connectivity index (χ1v) is 6.75. The average Bonchev–Trinajstić information content (AvgIpc) is 2.54. The van der Waals surface area contributed by atoms with Crippen LogP contribution in [0.15, 0.2) is 48.8 Å². The summed E-state index contributed by atoms with van der Waals surface area (Å²) in [5.74, 6) is 5.46. The third-order valence-electron chi connectivity index (χ3n) is 2.88. The van der Waals surface area contributed by atoms with E-state index in [1.54, 1.807) is 12.3 Å². The Bertz CT molecular complexity index is 656. The van der Waals surface area contributed by atoms with Gasteiger partial charge >= 0.3 is 0 Å². The van der Waals surface area contributed by atoms with Crippen LogP contribution in [0, 0.1) is 11.8 Å². The van der Waals surface area contributed by atoms with Crippen molar-refractivity contribution >= 4 is 5.91 Å². The predicted octanol–water partition coefficient (Wildman–Crippen LogP) is 1.36. The Hall–Kier alpha value is -2.64. The number of hydrogen-bond donors (Lipinski definition) is 2. The first kappa shape index (κ1) is 14.8. The van der Waals surface area contributed by atoms with Crippen LogP contribution in [0.2, 0.25) is 0 Å². The molecule has 2 rings (SSSR count). The number of amides is 1. The molecule has 1 aromatic heterocycles. The van der Waals surface area contributed by atoms with Crippen molar-refractivity contribution in [3.63, 3.8) is 0 Å². The molecule has 0 saturated heterocycles. The summed E-state index contributed by atoms with van der Waals surface area (Å²) < 4.78 is 0. The van der Waals surface area contributed by atoms with Crippen LogP contribution in [0.3, 0.4) is 0 Å². The molecule has 3 N–H and O–H groups in total. The van der Waals surface area contributed by atoms with E-state index in [1.165, 1.54) is 11.8 Å². The van der Waals surface area contributed by atoms with Gasteiger partial charge in [-0.15, -0.1) is 0 Å². The molecule has 0 atom stereocenters. The highest BCUT2D eigenvalue weighted by molar-refractivity contribution is 5.94. The van der Waals surface area contributed by atoms with Crippen molar-refractivity contribution in [2.24, 2.45) is 5.73 Å². The number of nitrogens with one attached hydrogen (secondary N) is 1. The number of rotatable bonds is 4. The third-order valence-corrected chi connectivity index (χ3v) is 2.88. The summed E-state index contributed by atoms with van der Waals surface area (Å²) in [5.41, 5.74) is 7.71. The molecule has 21 heavy (non-hydrogen) atoms. The van der Waals surface area contributed by atoms with Crippen molar-refractivity contribution in [2.75, 3.05) is 13.1 Å². The molecule has 106 valence electrons. The van der Waals surface area contributed by atoms with Crippen LogP contribution in [0.5, 0.6) is 0 Å². The second-order valence-corrected chi connectivity index (χ2v) is 4.46. The number of nitrogens with two attached hydrogens (primary N) is 1. The molecule has 0 spiro atoms. The van der Waals surface area contributed by atoms with Gasteiger partial charge in [0.15, 0.2) is 0 Å². The second-order valence-electron chi connectivity index (χ2n) is 4.46. The Morgan fingerprint density at radius 1 is 1.24 bits per heavy atom. The van der Waals surface area contributed by atoms with Crippen LogP contribution in [-0.2, 0) is 6.42 Å². The molecule has 1 amide bonds. The minimum absolute atomic E-state index is 0.144. The number of aromatic nitrogens is 1. The molecular weight excluding hydrogens is 262 g/mol. The Kier molecular flexibility index (Phi) is 5.50. The largest absolute Gasteiger partial charge is 0.352 e. The predicted molar refractivity (Wildman–Crippen MR) is 82.6 cm³/mol. The number of benzene rings is 1. The summed E-state index contributed by atoms with van der Waals surface area (Å²) in [5, 5.41) is 2.88. The smallest absolute Gasteiger partial charge is 0.252 e. The molecule has 1 heterocycles. The molecule has 0 fully saturated rings. The zero-order chi connectivity index (χ0) is 14.9. The van der Waals surface area contributed by atoms with E-state index in [1.807, 2.05) is 30.3 Å². The Morgan fingerprint density at radius 2 is 2.05 bits per heavy atom. The van der Waals surface area contributed by atoms with Gasteiger partial charge in [0.05, 0.1) is 12.1 Å². The maximum atomic E-state index is 12.0. The third kappa shape index (κ3) is 4.75.